The Kier molecular flexibility index (Phi) is 5.28. The van der Waals surface area contributed by atoms with E-state index >= 15 is 0 Å². The lowest BCUT2D eigenvalue weighted by Gasteiger charge is -2.25. The zero-order valence-corrected chi connectivity index (χ0v) is 9.22. The van der Waals surface area contributed by atoms with Gasteiger partial charge in [-0.05, 0) is 6.08 Å². The van der Waals surface area contributed by atoms with Crippen molar-refractivity contribution in [3.63, 3.8) is 0 Å². The molecule has 0 bridgehead atoms. The third-order valence-corrected chi connectivity index (χ3v) is 1.99. The van der Waals surface area contributed by atoms with E-state index in [1.165, 1.54) is 25.3 Å². The Morgan fingerprint density at radius 3 is 2.56 bits per heavy atom. The third kappa shape index (κ3) is 4.75. The molecule has 16 heavy (non-hydrogen) atoms. The SMILES string of the molecule is CC(=O)O/C=C/C=C/C(=O)N1CCOCC1. The van der Waals surface area contributed by atoms with Crippen LogP contribution in [0.25, 0.3) is 0 Å². The fourth-order valence-corrected chi connectivity index (χ4v) is 1.21. The van der Waals surface area contributed by atoms with Crippen LogP contribution in [0.5, 0.6) is 0 Å². The fraction of sp³-hybridized carbons (Fsp3) is 0.455. The van der Waals surface area contributed by atoms with Crippen LogP contribution in [-0.4, -0.2) is 43.1 Å². The summed E-state index contributed by atoms with van der Waals surface area (Å²) >= 11 is 0. The van der Waals surface area contributed by atoms with E-state index in [2.05, 4.69) is 4.74 Å². The maximum atomic E-state index is 11.5. The molecule has 0 radical (unpaired) electrons. The summed E-state index contributed by atoms with van der Waals surface area (Å²) in [6.45, 7) is 3.73. The van der Waals surface area contributed by atoms with Crippen LogP contribution in [0.4, 0.5) is 0 Å². The van der Waals surface area contributed by atoms with E-state index in [0.29, 0.717) is 26.3 Å². The highest BCUT2D eigenvalue weighted by atomic mass is 16.5. The minimum Gasteiger partial charge on any atom is -0.435 e. The molecule has 88 valence electrons. The molecule has 1 heterocycles. The van der Waals surface area contributed by atoms with Crippen molar-refractivity contribution in [1.82, 2.24) is 4.90 Å². The molecule has 1 fully saturated rings. The van der Waals surface area contributed by atoms with Gasteiger partial charge in [-0.1, -0.05) is 6.08 Å². The van der Waals surface area contributed by atoms with E-state index in [4.69, 9.17) is 4.74 Å². The van der Waals surface area contributed by atoms with Crippen molar-refractivity contribution in [3.8, 4) is 0 Å². The highest BCUT2D eigenvalue weighted by Gasteiger charge is 2.13. The number of rotatable bonds is 3. The Labute approximate surface area is 94.3 Å². The van der Waals surface area contributed by atoms with Gasteiger partial charge >= 0.3 is 5.97 Å². The van der Waals surface area contributed by atoms with Crippen molar-refractivity contribution in [3.05, 3.63) is 24.5 Å². The number of carbonyl (C=O) groups is 2. The van der Waals surface area contributed by atoms with Gasteiger partial charge in [0.25, 0.3) is 0 Å². The van der Waals surface area contributed by atoms with Gasteiger partial charge in [0, 0.05) is 26.1 Å². The summed E-state index contributed by atoms with van der Waals surface area (Å²) in [6.07, 6.45) is 5.72. The normalized spacial score (nSPS) is 16.9. The molecule has 5 heteroatoms. The van der Waals surface area contributed by atoms with Crippen LogP contribution in [0, 0.1) is 0 Å². The Hall–Kier alpha value is -1.62. The predicted molar refractivity (Wildman–Crippen MR) is 57.4 cm³/mol. The standard InChI is InChI=1S/C11H15NO4/c1-10(13)16-7-3-2-4-11(14)12-5-8-15-9-6-12/h2-4,7H,5-6,8-9H2,1H3/b4-2+,7-3+. The maximum absolute atomic E-state index is 11.5. The Morgan fingerprint density at radius 2 is 1.94 bits per heavy atom. The second-order valence-electron chi connectivity index (χ2n) is 3.23. The average Bonchev–Trinajstić information content (AvgIpc) is 2.29. The predicted octanol–water partition coefficient (Wildman–Crippen LogP) is 0.478. The first kappa shape index (κ1) is 12.4. The average molecular weight is 225 g/mol. The smallest absolute Gasteiger partial charge is 0.307 e. The lowest BCUT2D eigenvalue weighted by atomic mass is 10.3. The summed E-state index contributed by atoms with van der Waals surface area (Å²) in [5.41, 5.74) is 0. The highest BCUT2D eigenvalue weighted by Crippen LogP contribution is 1.98. The fourth-order valence-electron chi connectivity index (χ4n) is 1.21. The van der Waals surface area contributed by atoms with Crippen LogP contribution in [0.15, 0.2) is 24.5 Å². The summed E-state index contributed by atoms with van der Waals surface area (Å²) in [5, 5.41) is 0. The van der Waals surface area contributed by atoms with Gasteiger partial charge in [-0.2, -0.15) is 0 Å². The molecule has 0 atom stereocenters. The molecule has 5 nitrogen and oxygen atoms in total. The number of allylic oxidation sites excluding steroid dienone is 2. The summed E-state index contributed by atoms with van der Waals surface area (Å²) in [4.78, 5) is 23.6. The van der Waals surface area contributed by atoms with Crippen LogP contribution in [0.2, 0.25) is 0 Å². The number of carbonyl (C=O) groups excluding carboxylic acids is 2. The summed E-state index contributed by atoms with van der Waals surface area (Å²) in [5.74, 6) is -0.445. The topological polar surface area (TPSA) is 55.8 Å². The third-order valence-electron chi connectivity index (χ3n) is 1.99. The van der Waals surface area contributed by atoms with Crippen LogP contribution < -0.4 is 0 Å². The lowest BCUT2D eigenvalue weighted by Crippen LogP contribution is -2.39. The molecule has 1 aliphatic rings. The first-order valence-electron chi connectivity index (χ1n) is 5.07. The minimum atomic E-state index is -0.385. The molecule has 0 unspecified atom stereocenters. The monoisotopic (exact) mass is 225 g/mol. The van der Waals surface area contributed by atoms with E-state index in [0.717, 1.165) is 0 Å². The van der Waals surface area contributed by atoms with E-state index in [-0.39, 0.29) is 11.9 Å². The van der Waals surface area contributed by atoms with Gasteiger partial charge in [-0.15, -0.1) is 0 Å². The molecule has 0 aromatic carbocycles. The van der Waals surface area contributed by atoms with Crippen molar-refractivity contribution in [2.45, 2.75) is 6.92 Å². The van der Waals surface area contributed by atoms with E-state index < -0.39 is 0 Å². The largest absolute Gasteiger partial charge is 0.435 e. The first-order valence-corrected chi connectivity index (χ1v) is 5.07. The summed E-state index contributed by atoms with van der Waals surface area (Å²) < 4.78 is 9.68. The maximum Gasteiger partial charge on any atom is 0.307 e. The van der Waals surface area contributed by atoms with Crippen molar-refractivity contribution in [1.29, 1.82) is 0 Å². The first-order chi connectivity index (χ1) is 7.70. The molecule has 1 saturated heterocycles. The second kappa shape index (κ2) is 6.79. The second-order valence-corrected chi connectivity index (χ2v) is 3.23. The molecule has 0 aliphatic carbocycles. The number of morpholine rings is 1. The zero-order chi connectivity index (χ0) is 11.8. The molecule has 1 amide bonds. The van der Waals surface area contributed by atoms with Crippen molar-refractivity contribution in [2.75, 3.05) is 26.3 Å². The Morgan fingerprint density at radius 1 is 1.25 bits per heavy atom. The highest BCUT2D eigenvalue weighted by molar-refractivity contribution is 5.87. The van der Waals surface area contributed by atoms with Crippen molar-refractivity contribution in [2.24, 2.45) is 0 Å². The van der Waals surface area contributed by atoms with Gasteiger partial charge < -0.3 is 14.4 Å². The molecule has 0 aromatic rings. The number of ether oxygens (including phenoxy) is 2. The lowest BCUT2D eigenvalue weighted by molar-refractivity contribution is -0.135. The van der Waals surface area contributed by atoms with Crippen LogP contribution in [-0.2, 0) is 19.1 Å². The van der Waals surface area contributed by atoms with Gasteiger partial charge in [-0.3, -0.25) is 9.59 Å². The molecular weight excluding hydrogens is 210 g/mol. The number of esters is 1. The van der Waals surface area contributed by atoms with E-state index in [9.17, 15) is 9.59 Å². The van der Waals surface area contributed by atoms with E-state index in [1.807, 2.05) is 0 Å². The van der Waals surface area contributed by atoms with Crippen LogP contribution >= 0.6 is 0 Å². The van der Waals surface area contributed by atoms with Gasteiger partial charge in [0.15, 0.2) is 0 Å². The van der Waals surface area contributed by atoms with Crippen molar-refractivity contribution >= 4 is 11.9 Å². The summed E-state index contributed by atoms with van der Waals surface area (Å²) in [6, 6.07) is 0. The van der Waals surface area contributed by atoms with E-state index in [1.54, 1.807) is 11.0 Å². The molecule has 0 N–H and O–H groups in total. The quantitative estimate of drug-likeness (QED) is 0.303. The van der Waals surface area contributed by atoms with Crippen molar-refractivity contribution < 1.29 is 19.1 Å². The number of hydrogen-bond acceptors (Lipinski definition) is 4. The molecule has 0 saturated carbocycles. The Bertz CT molecular complexity index is 303. The van der Waals surface area contributed by atoms with Gasteiger partial charge in [0.1, 0.15) is 0 Å². The number of amides is 1. The Balaban J connectivity index is 2.29. The van der Waals surface area contributed by atoms with Gasteiger partial charge in [0.05, 0.1) is 19.5 Å². The van der Waals surface area contributed by atoms with Crippen LogP contribution in [0.1, 0.15) is 6.92 Å². The molecule has 1 rings (SSSR count). The number of nitrogens with zero attached hydrogens (tertiary/aromatic N) is 1. The van der Waals surface area contributed by atoms with Crippen LogP contribution in [0.3, 0.4) is 0 Å². The molecule has 1 aliphatic heterocycles. The molecule has 0 aromatic heterocycles. The minimum absolute atomic E-state index is 0.0595. The zero-order valence-electron chi connectivity index (χ0n) is 9.22. The summed E-state index contributed by atoms with van der Waals surface area (Å²) in [7, 11) is 0. The van der Waals surface area contributed by atoms with Gasteiger partial charge in [0.2, 0.25) is 5.91 Å². The van der Waals surface area contributed by atoms with Gasteiger partial charge in [-0.25, -0.2) is 0 Å². The number of hydrogen-bond donors (Lipinski definition) is 0. The molecular formula is C11H15NO4. The molecule has 0 spiro atoms.